The standard InChI is InChI=1S/C11H10BrF3O/c1-2-11(16)8(12)5-7-9(14)3-6(13)4-10(7)15/h3-4,8H,2,5H2,1H3. The van der Waals surface area contributed by atoms with Crippen LogP contribution >= 0.6 is 15.9 Å². The molecular weight excluding hydrogens is 285 g/mol. The lowest BCUT2D eigenvalue weighted by molar-refractivity contribution is -0.118. The van der Waals surface area contributed by atoms with Crippen molar-refractivity contribution in [1.82, 2.24) is 0 Å². The minimum Gasteiger partial charge on any atom is -0.298 e. The first-order valence-corrected chi connectivity index (χ1v) is 5.67. The van der Waals surface area contributed by atoms with Gasteiger partial charge in [-0.05, 0) is 6.42 Å². The highest BCUT2D eigenvalue weighted by Crippen LogP contribution is 2.20. The highest BCUT2D eigenvalue weighted by Gasteiger charge is 2.19. The van der Waals surface area contributed by atoms with Crippen molar-refractivity contribution in [2.45, 2.75) is 24.6 Å². The molecule has 1 unspecified atom stereocenters. The lowest BCUT2D eigenvalue weighted by atomic mass is 10.1. The fourth-order valence-corrected chi connectivity index (χ4v) is 1.93. The van der Waals surface area contributed by atoms with Crippen molar-refractivity contribution in [3.8, 4) is 0 Å². The van der Waals surface area contributed by atoms with Gasteiger partial charge >= 0.3 is 0 Å². The molecular formula is C11H10BrF3O. The molecule has 16 heavy (non-hydrogen) atoms. The van der Waals surface area contributed by atoms with Gasteiger partial charge < -0.3 is 0 Å². The molecule has 0 saturated heterocycles. The molecule has 0 N–H and O–H groups in total. The van der Waals surface area contributed by atoms with Gasteiger partial charge in [-0.2, -0.15) is 0 Å². The molecule has 0 amide bonds. The maximum Gasteiger partial charge on any atom is 0.146 e. The normalized spacial score (nSPS) is 12.6. The zero-order valence-corrected chi connectivity index (χ0v) is 10.2. The molecule has 1 rings (SSSR count). The Labute approximate surface area is 99.8 Å². The molecule has 0 bridgehead atoms. The maximum atomic E-state index is 13.2. The van der Waals surface area contributed by atoms with Gasteiger partial charge in [-0.3, -0.25) is 4.79 Å². The number of rotatable bonds is 4. The second kappa shape index (κ2) is 5.48. The van der Waals surface area contributed by atoms with E-state index in [1.165, 1.54) is 0 Å². The number of benzene rings is 1. The molecule has 0 fully saturated rings. The maximum absolute atomic E-state index is 13.2. The number of halogens is 4. The SMILES string of the molecule is CCC(=O)C(Br)Cc1c(F)cc(F)cc1F. The lowest BCUT2D eigenvalue weighted by Gasteiger charge is -2.09. The number of carbonyl (C=O) groups excluding carboxylic acids is 1. The summed E-state index contributed by atoms with van der Waals surface area (Å²) >= 11 is 3.05. The van der Waals surface area contributed by atoms with E-state index in [1.54, 1.807) is 6.92 Å². The number of hydrogen-bond acceptors (Lipinski definition) is 1. The molecule has 0 aliphatic carbocycles. The van der Waals surface area contributed by atoms with Crippen molar-refractivity contribution < 1.29 is 18.0 Å². The Morgan fingerprint density at radius 2 is 1.81 bits per heavy atom. The van der Waals surface area contributed by atoms with Crippen LogP contribution in [0.5, 0.6) is 0 Å². The Balaban J connectivity index is 2.93. The van der Waals surface area contributed by atoms with E-state index in [2.05, 4.69) is 15.9 Å². The highest BCUT2D eigenvalue weighted by atomic mass is 79.9. The minimum absolute atomic E-state index is 0.120. The summed E-state index contributed by atoms with van der Waals surface area (Å²) in [6, 6.07) is 1.21. The van der Waals surface area contributed by atoms with Crippen LogP contribution in [-0.4, -0.2) is 10.6 Å². The molecule has 0 spiro atoms. The average molecular weight is 295 g/mol. The smallest absolute Gasteiger partial charge is 0.146 e. The summed E-state index contributed by atoms with van der Waals surface area (Å²) in [5.74, 6) is -3.05. The Kier molecular flexibility index (Phi) is 4.53. The summed E-state index contributed by atoms with van der Waals surface area (Å²) in [4.78, 5) is 10.6. The Morgan fingerprint density at radius 1 is 1.31 bits per heavy atom. The second-order valence-electron chi connectivity index (χ2n) is 3.34. The number of hydrogen-bond donors (Lipinski definition) is 0. The summed E-state index contributed by atoms with van der Waals surface area (Å²) in [6.07, 6.45) is 0.158. The van der Waals surface area contributed by atoms with Crippen molar-refractivity contribution >= 4 is 21.7 Å². The van der Waals surface area contributed by atoms with Gasteiger partial charge in [0, 0.05) is 24.1 Å². The Bertz CT molecular complexity index is 383. The van der Waals surface area contributed by atoms with Crippen LogP contribution in [-0.2, 0) is 11.2 Å². The van der Waals surface area contributed by atoms with Crippen LogP contribution in [0.3, 0.4) is 0 Å². The zero-order chi connectivity index (χ0) is 12.3. The van der Waals surface area contributed by atoms with Crippen molar-refractivity contribution in [3.63, 3.8) is 0 Å². The first-order valence-electron chi connectivity index (χ1n) is 4.76. The summed E-state index contributed by atoms with van der Waals surface area (Å²) in [7, 11) is 0. The first-order chi connectivity index (χ1) is 7.45. The molecule has 0 saturated carbocycles. The van der Waals surface area contributed by atoms with Gasteiger partial charge in [-0.25, -0.2) is 13.2 Å². The molecule has 5 heteroatoms. The van der Waals surface area contributed by atoms with Crippen LogP contribution in [0.15, 0.2) is 12.1 Å². The van der Waals surface area contributed by atoms with E-state index in [-0.39, 0.29) is 24.2 Å². The molecule has 88 valence electrons. The highest BCUT2D eigenvalue weighted by molar-refractivity contribution is 9.10. The lowest BCUT2D eigenvalue weighted by Crippen LogP contribution is -2.17. The summed E-state index contributed by atoms with van der Waals surface area (Å²) < 4.78 is 39.1. The molecule has 1 aromatic carbocycles. The topological polar surface area (TPSA) is 17.1 Å². The predicted octanol–water partition coefficient (Wildman–Crippen LogP) is 3.39. The summed E-state index contributed by atoms with van der Waals surface area (Å²) in [5.41, 5.74) is -0.273. The van der Waals surface area contributed by atoms with Crippen LogP contribution in [0.1, 0.15) is 18.9 Å². The molecule has 1 aromatic rings. The molecule has 0 aromatic heterocycles. The third-order valence-corrected chi connectivity index (χ3v) is 3.02. The molecule has 0 radical (unpaired) electrons. The molecule has 0 heterocycles. The fourth-order valence-electron chi connectivity index (χ4n) is 1.28. The van der Waals surface area contributed by atoms with Gasteiger partial charge in [0.1, 0.15) is 23.2 Å². The van der Waals surface area contributed by atoms with Crippen LogP contribution in [0, 0.1) is 17.5 Å². The number of alkyl halides is 1. The van der Waals surface area contributed by atoms with Crippen molar-refractivity contribution in [3.05, 3.63) is 35.1 Å². The van der Waals surface area contributed by atoms with E-state index in [0.29, 0.717) is 12.1 Å². The van der Waals surface area contributed by atoms with Crippen molar-refractivity contribution in [2.24, 2.45) is 0 Å². The minimum atomic E-state index is -0.967. The van der Waals surface area contributed by atoms with Gasteiger partial charge in [0.15, 0.2) is 0 Å². The monoisotopic (exact) mass is 294 g/mol. The average Bonchev–Trinajstić information content (AvgIpc) is 2.21. The van der Waals surface area contributed by atoms with E-state index in [9.17, 15) is 18.0 Å². The zero-order valence-electron chi connectivity index (χ0n) is 8.57. The van der Waals surface area contributed by atoms with Gasteiger partial charge in [0.05, 0.1) is 4.83 Å². The van der Waals surface area contributed by atoms with Gasteiger partial charge in [0.25, 0.3) is 0 Å². The molecule has 0 aliphatic heterocycles. The first kappa shape index (κ1) is 13.2. The van der Waals surface area contributed by atoms with Crippen LogP contribution in [0.4, 0.5) is 13.2 Å². The summed E-state index contributed by atoms with van der Waals surface area (Å²) in [5, 5.41) is 0. The number of Topliss-reactive ketones (excluding diaryl/α,β-unsaturated/α-hetero) is 1. The quantitative estimate of drug-likeness (QED) is 0.778. The summed E-state index contributed by atoms with van der Waals surface area (Å²) in [6.45, 7) is 1.66. The van der Waals surface area contributed by atoms with Crippen LogP contribution in [0.2, 0.25) is 0 Å². The third kappa shape index (κ3) is 3.07. The van der Waals surface area contributed by atoms with E-state index in [4.69, 9.17) is 0 Å². The fraction of sp³-hybridized carbons (Fsp3) is 0.364. The van der Waals surface area contributed by atoms with E-state index < -0.39 is 22.3 Å². The van der Waals surface area contributed by atoms with Crippen LogP contribution < -0.4 is 0 Å². The Hall–Kier alpha value is -0.840. The molecule has 1 atom stereocenters. The number of carbonyl (C=O) groups is 1. The van der Waals surface area contributed by atoms with Gasteiger partial charge in [0.2, 0.25) is 0 Å². The van der Waals surface area contributed by atoms with E-state index in [1.807, 2.05) is 0 Å². The van der Waals surface area contributed by atoms with Gasteiger partial charge in [-0.1, -0.05) is 22.9 Å². The van der Waals surface area contributed by atoms with Crippen LogP contribution in [0.25, 0.3) is 0 Å². The second-order valence-corrected chi connectivity index (χ2v) is 4.44. The predicted molar refractivity (Wildman–Crippen MR) is 58.0 cm³/mol. The van der Waals surface area contributed by atoms with Gasteiger partial charge in [-0.15, -0.1) is 0 Å². The van der Waals surface area contributed by atoms with Crippen molar-refractivity contribution in [1.29, 1.82) is 0 Å². The van der Waals surface area contributed by atoms with E-state index >= 15 is 0 Å². The Morgan fingerprint density at radius 3 is 2.25 bits per heavy atom. The largest absolute Gasteiger partial charge is 0.298 e. The van der Waals surface area contributed by atoms with E-state index in [0.717, 1.165) is 0 Å². The molecule has 0 aliphatic rings. The third-order valence-electron chi connectivity index (χ3n) is 2.19. The number of ketones is 1. The van der Waals surface area contributed by atoms with Crippen molar-refractivity contribution in [2.75, 3.05) is 0 Å². The molecule has 1 nitrogen and oxygen atoms in total.